The monoisotopic (exact) mass is 225 g/mol. The molecule has 1 nitrogen and oxygen atoms in total. The van der Waals surface area contributed by atoms with Crippen LogP contribution in [0, 0.1) is 5.92 Å². The highest BCUT2D eigenvalue weighted by molar-refractivity contribution is 7.07. The first-order valence-corrected chi connectivity index (χ1v) is 6.85. The number of hydrogen-bond donors (Lipinski definition) is 1. The molecular formula is C13H23NS. The Kier molecular flexibility index (Phi) is 5.34. The summed E-state index contributed by atoms with van der Waals surface area (Å²) < 4.78 is 0. The topological polar surface area (TPSA) is 12.0 Å². The number of nitrogens with one attached hydrogen (secondary N) is 1. The highest BCUT2D eigenvalue weighted by Crippen LogP contribution is 2.18. The van der Waals surface area contributed by atoms with Crippen LogP contribution in [0.25, 0.3) is 0 Å². The van der Waals surface area contributed by atoms with Crippen molar-refractivity contribution in [2.75, 3.05) is 0 Å². The minimum atomic E-state index is 0.482. The van der Waals surface area contributed by atoms with Crippen LogP contribution in [0.3, 0.4) is 0 Å². The average molecular weight is 225 g/mol. The van der Waals surface area contributed by atoms with Gasteiger partial charge in [-0.15, -0.1) is 0 Å². The summed E-state index contributed by atoms with van der Waals surface area (Å²) in [4.78, 5) is 0. The Morgan fingerprint density at radius 1 is 1.33 bits per heavy atom. The van der Waals surface area contributed by atoms with Gasteiger partial charge in [-0.2, -0.15) is 11.3 Å². The van der Waals surface area contributed by atoms with E-state index in [1.54, 1.807) is 11.3 Å². The lowest BCUT2D eigenvalue weighted by Gasteiger charge is -2.21. The van der Waals surface area contributed by atoms with E-state index in [0.29, 0.717) is 12.1 Å². The maximum atomic E-state index is 3.65. The van der Waals surface area contributed by atoms with Crippen molar-refractivity contribution in [3.8, 4) is 0 Å². The Labute approximate surface area is 97.9 Å². The first-order valence-electron chi connectivity index (χ1n) is 5.91. The Morgan fingerprint density at radius 2 is 2.07 bits per heavy atom. The molecule has 0 amide bonds. The third-order valence-electron chi connectivity index (χ3n) is 3.03. The Bertz CT molecular complexity index is 256. The van der Waals surface area contributed by atoms with Gasteiger partial charge >= 0.3 is 0 Å². The molecule has 1 heterocycles. The fraction of sp³-hybridized carbons (Fsp3) is 0.692. The molecule has 0 aliphatic rings. The number of rotatable bonds is 6. The first kappa shape index (κ1) is 12.7. The summed E-state index contributed by atoms with van der Waals surface area (Å²) in [6.07, 6.45) is 2.55. The SMILES string of the molecule is CCC(C)CC(C)NC(C)c1ccsc1. The molecule has 0 aliphatic carbocycles. The van der Waals surface area contributed by atoms with Gasteiger partial charge < -0.3 is 5.32 Å². The van der Waals surface area contributed by atoms with E-state index in [1.807, 2.05) is 0 Å². The van der Waals surface area contributed by atoms with E-state index in [0.717, 1.165) is 5.92 Å². The number of thiophene rings is 1. The molecular weight excluding hydrogens is 202 g/mol. The lowest BCUT2D eigenvalue weighted by atomic mass is 9.99. The summed E-state index contributed by atoms with van der Waals surface area (Å²) in [7, 11) is 0. The summed E-state index contributed by atoms with van der Waals surface area (Å²) in [6.45, 7) is 9.12. The molecule has 3 unspecified atom stereocenters. The molecule has 0 saturated heterocycles. The first-order chi connectivity index (χ1) is 7.13. The average Bonchev–Trinajstić information content (AvgIpc) is 2.70. The lowest BCUT2D eigenvalue weighted by molar-refractivity contribution is 0.386. The van der Waals surface area contributed by atoms with E-state index in [1.165, 1.54) is 18.4 Å². The minimum absolute atomic E-state index is 0.482. The van der Waals surface area contributed by atoms with Crippen molar-refractivity contribution in [2.24, 2.45) is 5.92 Å². The third kappa shape index (κ3) is 4.35. The molecule has 0 fully saturated rings. The fourth-order valence-electron chi connectivity index (χ4n) is 1.88. The van der Waals surface area contributed by atoms with Crippen LogP contribution in [-0.4, -0.2) is 6.04 Å². The highest BCUT2D eigenvalue weighted by atomic mass is 32.1. The van der Waals surface area contributed by atoms with Gasteiger partial charge in [0, 0.05) is 12.1 Å². The molecule has 1 N–H and O–H groups in total. The maximum absolute atomic E-state index is 3.65. The van der Waals surface area contributed by atoms with Crippen LogP contribution in [-0.2, 0) is 0 Å². The van der Waals surface area contributed by atoms with Gasteiger partial charge in [0.25, 0.3) is 0 Å². The molecule has 15 heavy (non-hydrogen) atoms. The molecule has 0 saturated carbocycles. The van der Waals surface area contributed by atoms with Crippen LogP contribution >= 0.6 is 11.3 Å². The van der Waals surface area contributed by atoms with E-state index in [2.05, 4.69) is 49.8 Å². The van der Waals surface area contributed by atoms with Crippen LogP contribution in [0.1, 0.15) is 52.1 Å². The van der Waals surface area contributed by atoms with Gasteiger partial charge in [-0.1, -0.05) is 20.3 Å². The zero-order valence-electron chi connectivity index (χ0n) is 10.3. The molecule has 86 valence electrons. The van der Waals surface area contributed by atoms with E-state index in [-0.39, 0.29) is 0 Å². The largest absolute Gasteiger partial charge is 0.308 e. The van der Waals surface area contributed by atoms with Crippen molar-refractivity contribution in [2.45, 2.75) is 52.6 Å². The van der Waals surface area contributed by atoms with Crippen molar-refractivity contribution in [3.63, 3.8) is 0 Å². The molecule has 1 rings (SSSR count). The van der Waals surface area contributed by atoms with E-state index >= 15 is 0 Å². The standard InChI is InChI=1S/C13H23NS/c1-5-10(2)8-11(3)14-12(4)13-6-7-15-9-13/h6-7,9-12,14H,5,8H2,1-4H3. The zero-order chi connectivity index (χ0) is 11.3. The van der Waals surface area contributed by atoms with Crippen molar-refractivity contribution in [1.29, 1.82) is 0 Å². The van der Waals surface area contributed by atoms with Gasteiger partial charge in [0.1, 0.15) is 0 Å². The molecule has 0 aromatic carbocycles. The molecule has 2 heteroatoms. The second-order valence-electron chi connectivity index (χ2n) is 4.60. The molecule has 0 spiro atoms. The van der Waals surface area contributed by atoms with Crippen molar-refractivity contribution in [1.82, 2.24) is 5.32 Å². The minimum Gasteiger partial charge on any atom is -0.308 e. The molecule has 0 radical (unpaired) electrons. The summed E-state index contributed by atoms with van der Waals surface area (Å²) in [5, 5.41) is 8.03. The van der Waals surface area contributed by atoms with E-state index in [9.17, 15) is 0 Å². The normalized spacial score (nSPS) is 17.3. The summed E-state index contributed by atoms with van der Waals surface area (Å²) >= 11 is 1.77. The van der Waals surface area contributed by atoms with Gasteiger partial charge in [-0.25, -0.2) is 0 Å². The van der Waals surface area contributed by atoms with Crippen LogP contribution in [0.15, 0.2) is 16.8 Å². The van der Waals surface area contributed by atoms with Crippen LogP contribution in [0.4, 0.5) is 0 Å². The fourth-order valence-corrected chi connectivity index (χ4v) is 2.64. The van der Waals surface area contributed by atoms with Gasteiger partial charge in [0.2, 0.25) is 0 Å². The van der Waals surface area contributed by atoms with Gasteiger partial charge in [-0.05, 0) is 48.6 Å². The molecule has 1 aromatic heterocycles. The second-order valence-corrected chi connectivity index (χ2v) is 5.38. The lowest BCUT2D eigenvalue weighted by Crippen LogP contribution is -2.30. The van der Waals surface area contributed by atoms with Crippen molar-refractivity contribution in [3.05, 3.63) is 22.4 Å². The second kappa shape index (κ2) is 6.29. The van der Waals surface area contributed by atoms with Gasteiger partial charge in [0.05, 0.1) is 0 Å². The number of hydrogen-bond acceptors (Lipinski definition) is 2. The molecule has 0 bridgehead atoms. The van der Waals surface area contributed by atoms with E-state index < -0.39 is 0 Å². The summed E-state index contributed by atoms with van der Waals surface area (Å²) in [5.41, 5.74) is 1.41. The Balaban J connectivity index is 2.34. The van der Waals surface area contributed by atoms with Gasteiger partial charge in [-0.3, -0.25) is 0 Å². The smallest absolute Gasteiger partial charge is 0.0302 e. The van der Waals surface area contributed by atoms with Gasteiger partial charge in [0.15, 0.2) is 0 Å². The Hall–Kier alpha value is -0.340. The third-order valence-corrected chi connectivity index (χ3v) is 3.73. The Morgan fingerprint density at radius 3 is 2.60 bits per heavy atom. The predicted molar refractivity (Wildman–Crippen MR) is 69.4 cm³/mol. The van der Waals surface area contributed by atoms with Crippen LogP contribution < -0.4 is 5.32 Å². The van der Waals surface area contributed by atoms with Crippen LogP contribution in [0.2, 0.25) is 0 Å². The predicted octanol–water partition coefficient (Wildman–Crippen LogP) is 4.22. The highest BCUT2D eigenvalue weighted by Gasteiger charge is 2.11. The van der Waals surface area contributed by atoms with Crippen molar-refractivity contribution >= 4 is 11.3 Å². The zero-order valence-corrected chi connectivity index (χ0v) is 11.1. The quantitative estimate of drug-likeness (QED) is 0.764. The summed E-state index contributed by atoms with van der Waals surface area (Å²) in [5.74, 6) is 0.821. The van der Waals surface area contributed by atoms with E-state index in [4.69, 9.17) is 0 Å². The molecule has 0 aliphatic heterocycles. The molecule has 1 aromatic rings. The van der Waals surface area contributed by atoms with Crippen molar-refractivity contribution < 1.29 is 0 Å². The molecule has 3 atom stereocenters. The summed E-state index contributed by atoms with van der Waals surface area (Å²) in [6, 6.07) is 3.29. The maximum Gasteiger partial charge on any atom is 0.0302 e. The van der Waals surface area contributed by atoms with Crippen LogP contribution in [0.5, 0.6) is 0 Å².